The van der Waals surface area contributed by atoms with Crippen LogP contribution in [0, 0.1) is 0 Å². The summed E-state index contributed by atoms with van der Waals surface area (Å²) < 4.78 is 0. The molecule has 0 aliphatic heterocycles. The molecule has 3 amide bonds. The molecule has 0 aliphatic rings. The van der Waals surface area contributed by atoms with Gasteiger partial charge >= 0.3 is 0 Å². The number of rotatable bonds is 51. The maximum absolute atomic E-state index is 12.7. The number of carbonyl (C=O) groups excluding carboxylic acids is 3. The van der Waals surface area contributed by atoms with Crippen molar-refractivity contribution in [3.8, 4) is 0 Å². The molecule has 0 aromatic rings. The maximum atomic E-state index is 12.7. The van der Waals surface area contributed by atoms with E-state index in [1.807, 2.05) is 0 Å². The van der Waals surface area contributed by atoms with E-state index in [1.165, 1.54) is 173 Å². The zero-order valence-electron chi connectivity index (χ0n) is 41.2. The zero-order valence-corrected chi connectivity index (χ0v) is 41.2. The van der Waals surface area contributed by atoms with Gasteiger partial charge in [-0.1, -0.05) is 194 Å². The van der Waals surface area contributed by atoms with Gasteiger partial charge in [-0.3, -0.25) is 14.4 Å². The van der Waals surface area contributed by atoms with E-state index in [0.717, 1.165) is 90.9 Å². The Morgan fingerprint density at radius 3 is 0.918 bits per heavy atom. The molecular weight excluding hydrogens is 757 g/mol. The Bertz CT molecular complexity index is 880. The first-order valence-electron chi connectivity index (χ1n) is 27.0. The van der Waals surface area contributed by atoms with Crippen molar-refractivity contribution in [3.05, 3.63) is 0 Å². The average molecular weight is 863 g/mol. The maximum Gasteiger partial charge on any atom is 0.221 e. The van der Waals surface area contributed by atoms with Gasteiger partial charge in [-0.25, -0.2) is 0 Å². The van der Waals surface area contributed by atoms with Crippen molar-refractivity contribution in [2.24, 2.45) is 0 Å². The molecule has 0 rings (SSSR count). The van der Waals surface area contributed by atoms with E-state index >= 15 is 0 Å². The van der Waals surface area contributed by atoms with Crippen LogP contribution in [0.5, 0.6) is 0 Å². The highest BCUT2D eigenvalue weighted by Crippen LogP contribution is 2.12. The Morgan fingerprint density at radius 2 is 0.557 bits per heavy atom. The third-order valence-electron chi connectivity index (χ3n) is 12.2. The van der Waals surface area contributed by atoms with Crippen LogP contribution >= 0.6 is 0 Å². The van der Waals surface area contributed by atoms with Gasteiger partial charge in [0.2, 0.25) is 17.7 Å². The van der Waals surface area contributed by atoms with E-state index in [2.05, 4.69) is 52.3 Å². The summed E-state index contributed by atoms with van der Waals surface area (Å²) in [7, 11) is 0. The van der Waals surface area contributed by atoms with Crippen LogP contribution in [0.25, 0.3) is 0 Å². The minimum Gasteiger partial charge on any atom is -0.356 e. The van der Waals surface area contributed by atoms with Crippen molar-refractivity contribution in [2.45, 2.75) is 252 Å². The molecule has 61 heavy (non-hydrogen) atoms. The van der Waals surface area contributed by atoms with Gasteiger partial charge in [-0.2, -0.15) is 0 Å². The van der Waals surface area contributed by atoms with Crippen molar-refractivity contribution >= 4 is 17.7 Å². The molecule has 9 heteroatoms. The van der Waals surface area contributed by atoms with Gasteiger partial charge in [-0.15, -0.1) is 0 Å². The standard InChI is InChI=1S/C52H106N6O3/c1-4-7-10-13-16-19-22-25-28-31-43-55-50(59)37-46-54-42-36-41-53-40-34-35-47-58(48-38-51(60)56-44-32-29-26-23-20-17-14-11-8-5-2)49-39-52(61)57-45-33-30-27-24-21-18-15-12-9-6-3/h53-54H,4-49H2,1-3H3,(H,55,59)(H,56,60)(H,57,61). The van der Waals surface area contributed by atoms with Gasteiger partial charge in [0.05, 0.1) is 0 Å². The number of nitrogens with zero attached hydrogens (tertiary/aromatic N) is 1. The molecule has 0 aromatic carbocycles. The zero-order chi connectivity index (χ0) is 44.4. The van der Waals surface area contributed by atoms with E-state index in [0.29, 0.717) is 32.4 Å². The van der Waals surface area contributed by atoms with Crippen LogP contribution < -0.4 is 26.6 Å². The Kier molecular flexibility index (Phi) is 49.5. The summed E-state index contributed by atoms with van der Waals surface area (Å²) in [4.78, 5) is 39.9. The molecule has 0 saturated carbocycles. The Labute approximate surface area is 379 Å². The van der Waals surface area contributed by atoms with Crippen LogP contribution in [0.3, 0.4) is 0 Å². The van der Waals surface area contributed by atoms with E-state index in [-0.39, 0.29) is 17.7 Å². The molecule has 0 spiro atoms. The quantitative estimate of drug-likeness (QED) is 0.0389. The Balaban J connectivity index is 4.15. The third-order valence-corrected chi connectivity index (χ3v) is 12.2. The highest BCUT2D eigenvalue weighted by Gasteiger charge is 2.11. The smallest absolute Gasteiger partial charge is 0.221 e. The van der Waals surface area contributed by atoms with Gasteiger partial charge < -0.3 is 31.5 Å². The number of hydrogen-bond acceptors (Lipinski definition) is 6. The average Bonchev–Trinajstić information content (AvgIpc) is 3.26. The summed E-state index contributed by atoms with van der Waals surface area (Å²) in [6, 6.07) is 0. The minimum atomic E-state index is 0.131. The second-order valence-corrected chi connectivity index (χ2v) is 18.2. The van der Waals surface area contributed by atoms with Crippen LogP contribution in [-0.2, 0) is 14.4 Å². The molecule has 0 saturated heterocycles. The minimum absolute atomic E-state index is 0.131. The Hall–Kier alpha value is -1.71. The summed E-state index contributed by atoms with van der Waals surface area (Å²) in [6.07, 6.45) is 43.8. The lowest BCUT2D eigenvalue weighted by atomic mass is 10.1. The van der Waals surface area contributed by atoms with E-state index in [9.17, 15) is 14.4 Å². The molecule has 0 heterocycles. The molecule has 0 aliphatic carbocycles. The van der Waals surface area contributed by atoms with Crippen molar-refractivity contribution in [1.82, 2.24) is 31.5 Å². The number of amides is 3. The summed E-state index contributed by atoms with van der Waals surface area (Å²) >= 11 is 0. The molecule has 5 N–H and O–H groups in total. The van der Waals surface area contributed by atoms with E-state index in [4.69, 9.17) is 0 Å². The summed E-state index contributed by atoms with van der Waals surface area (Å²) in [5.74, 6) is 0.420. The highest BCUT2D eigenvalue weighted by atomic mass is 16.2. The summed E-state index contributed by atoms with van der Waals surface area (Å²) in [5, 5.41) is 16.4. The van der Waals surface area contributed by atoms with Gasteiger partial charge in [0, 0.05) is 58.5 Å². The lowest BCUT2D eigenvalue weighted by molar-refractivity contribution is -0.122. The Morgan fingerprint density at radius 1 is 0.279 bits per heavy atom. The van der Waals surface area contributed by atoms with Crippen LogP contribution in [0.4, 0.5) is 0 Å². The van der Waals surface area contributed by atoms with E-state index < -0.39 is 0 Å². The van der Waals surface area contributed by atoms with Gasteiger partial charge in [-0.05, 0) is 64.7 Å². The second-order valence-electron chi connectivity index (χ2n) is 18.2. The number of hydrogen-bond donors (Lipinski definition) is 5. The van der Waals surface area contributed by atoms with Crippen LogP contribution in [0.15, 0.2) is 0 Å². The highest BCUT2D eigenvalue weighted by molar-refractivity contribution is 5.77. The topological polar surface area (TPSA) is 115 Å². The largest absolute Gasteiger partial charge is 0.356 e. The number of carbonyl (C=O) groups is 3. The molecular formula is C52H106N6O3. The molecule has 9 nitrogen and oxygen atoms in total. The lowest BCUT2D eigenvalue weighted by Gasteiger charge is -2.22. The first-order chi connectivity index (χ1) is 30.0. The van der Waals surface area contributed by atoms with Crippen molar-refractivity contribution in [2.75, 3.05) is 65.4 Å². The third kappa shape index (κ3) is 49.2. The van der Waals surface area contributed by atoms with E-state index in [1.54, 1.807) is 0 Å². The fraction of sp³-hybridized carbons (Fsp3) is 0.942. The van der Waals surface area contributed by atoms with Crippen molar-refractivity contribution in [1.29, 1.82) is 0 Å². The second kappa shape index (κ2) is 50.9. The first-order valence-corrected chi connectivity index (χ1v) is 27.0. The molecule has 0 bridgehead atoms. The van der Waals surface area contributed by atoms with Gasteiger partial charge in [0.25, 0.3) is 0 Å². The fourth-order valence-corrected chi connectivity index (χ4v) is 8.02. The summed E-state index contributed by atoms with van der Waals surface area (Å²) in [6.45, 7) is 15.0. The molecule has 0 radical (unpaired) electrons. The molecule has 362 valence electrons. The molecule has 0 unspecified atom stereocenters. The predicted molar refractivity (Wildman–Crippen MR) is 264 cm³/mol. The van der Waals surface area contributed by atoms with Crippen molar-refractivity contribution in [3.63, 3.8) is 0 Å². The normalized spacial score (nSPS) is 11.4. The first kappa shape index (κ1) is 59.3. The monoisotopic (exact) mass is 863 g/mol. The van der Waals surface area contributed by atoms with Gasteiger partial charge in [0.1, 0.15) is 0 Å². The molecule has 0 atom stereocenters. The van der Waals surface area contributed by atoms with Crippen LogP contribution in [0.1, 0.15) is 252 Å². The molecule has 0 fully saturated rings. The summed E-state index contributed by atoms with van der Waals surface area (Å²) in [5.41, 5.74) is 0. The van der Waals surface area contributed by atoms with Gasteiger partial charge in [0.15, 0.2) is 0 Å². The van der Waals surface area contributed by atoms with Crippen LogP contribution in [0.2, 0.25) is 0 Å². The molecule has 0 aromatic heterocycles. The SMILES string of the molecule is CCCCCCCCCCCCNC(=O)CCNCCCNCCCCN(CCC(=O)NCCCCCCCCCCCC)CCC(=O)NCCCCCCCCCCCC. The lowest BCUT2D eigenvalue weighted by Crippen LogP contribution is -2.35. The predicted octanol–water partition coefficient (Wildman–Crippen LogP) is 11.9. The number of nitrogens with one attached hydrogen (secondary N) is 5. The number of unbranched alkanes of at least 4 members (excludes halogenated alkanes) is 28. The van der Waals surface area contributed by atoms with Crippen LogP contribution in [-0.4, -0.2) is 88.1 Å². The fourth-order valence-electron chi connectivity index (χ4n) is 8.02. The van der Waals surface area contributed by atoms with Crippen molar-refractivity contribution < 1.29 is 14.4 Å².